The predicted molar refractivity (Wildman–Crippen MR) is 79.6 cm³/mol. The van der Waals surface area contributed by atoms with Crippen molar-refractivity contribution in [1.29, 1.82) is 0 Å². The fourth-order valence-electron chi connectivity index (χ4n) is 2.27. The highest BCUT2D eigenvalue weighted by Gasteiger charge is 2.11. The summed E-state index contributed by atoms with van der Waals surface area (Å²) in [4.78, 5) is 2.44. The lowest BCUT2D eigenvalue weighted by Gasteiger charge is -2.26. The van der Waals surface area contributed by atoms with Crippen LogP contribution in [0, 0.1) is 5.92 Å². The number of hydrogen-bond donors (Lipinski definition) is 1. The van der Waals surface area contributed by atoms with Crippen LogP contribution in [0.4, 0.5) is 0 Å². The smallest absolute Gasteiger partial charge is 0.0233 e. The van der Waals surface area contributed by atoms with Crippen LogP contribution in [-0.2, 0) is 13.1 Å². The molecule has 0 aliphatic rings. The molecule has 1 N–H and O–H groups in total. The van der Waals surface area contributed by atoms with Crippen molar-refractivity contribution in [1.82, 2.24) is 10.2 Å². The SMILES string of the molecule is CNCc1ccc(CN(C)C(C)CC(C)C)cc1. The molecule has 0 amide bonds. The van der Waals surface area contributed by atoms with E-state index in [1.165, 1.54) is 17.5 Å². The Hall–Kier alpha value is -0.860. The molecule has 18 heavy (non-hydrogen) atoms. The molecule has 0 radical (unpaired) electrons. The van der Waals surface area contributed by atoms with E-state index >= 15 is 0 Å². The van der Waals surface area contributed by atoms with Crippen LogP contribution in [0.5, 0.6) is 0 Å². The number of nitrogens with zero attached hydrogens (tertiary/aromatic N) is 1. The van der Waals surface area contributed by atoms with E-state index in [9.17, 15) is 0 Å². The first-order chi connectivity index (χ1) is 8.52. The van der Waals surface area contributed by atoms with Gasteiger partial charge in [0.15, 0.2) is 0 Å². The minimum atomic E-state index is 0.641. The van der Waals surface area contributed by atoms with Gasteiger partial charge in [-0.1, -0.05) is 38.1 Å². The Morgan fingerprint density at radius 2 is 1.61 bits per heavy atom. The van der Waals surface area contributed by atoms with Gasteiger partial charge in [-0.3, -0.25) is 4.90 Å². The van der Waals surface area contributed by atoms with Gasteiger partial charge in [-0.15, -0.1) is 0 Å². The first kappa shape index (κ1) is 15.2. The fraction of sp³-hybridized carbons (Fsp3) is 0.625. The van der Waals surface area contributed by atoms with E-state index in [4.69, 9.17) is 0 Å². The highest BCUT2D eigenvalue weighted by molar-refractivity contribution is 5.22. The maximum atomic E-state index is 3.17. The third kappa shape index (κ3) is 5.19. The summed E-state index contributed by atoms with van der Waals surface area (Å²) < 4.78 is 0. The Morgan fingerprint density at radius 3 is 2.11 bits per heavy atom. The van der Waals surface area contributed by atoms with E-state index in [2.05, 4.69) is 62.3 Å². The van der Waals surface area contributed by atoms with Gasteiger partial charge in [-0.05, 0) is 44.5 Å². The quantitative estimate of drug-likeness (QED) is 0.796. The summed E-state index contributed by atoms with van der Waals surface area (Å²) in [5.74, 6) is 0.764. The lowest BCUT2D eigenvalue weighted by atomic mass is 10.0. The second-order valence-corrected chi connectivity index (χ2v) is 5.74. The summed E-state index contributed by atoms with van der Waals surface area (Å²) in [6.45, 7) is 8.87. The monoisotopic (exact) mass is 248 g/mol. The standard InChI is InChI=1S/C16H28N2/c1-13(2)10-14(3)18(5)12-16-8-6-15(7-9-16)11-17-4/h6-9,13-14,17H,10-12H2,1-5H3. The first-order valence-electron chi connectivity index (χ1n) is 6.95. The van der Waals surface area contributed by atoms with Crippen LogP contribution < -0.4 is 5.32 Å². The highest BCUT2D eigenvalue weighted by Crippen LogP contribution is 2.13. The summed E-state index contributed by atoms with van der Waals surface area (Å²) >= 11 is 0. The third-order valence-corrected chi connectivity index (χ3v) is 3.40. The average molecular weight is 248 g/mol. The Morgan fingerprint density at radius 1 is 1.06 bits per heavy atom. The molecule has 0 saturated heterocycles. The van der Waals surface area contributed by atoms with Crippen LogP contribution in [0.25, 0.3) is 0 Å². The molecule has 0 aliphatic carbocycles. The van der Waals surface area contributed by atoms with E-state index in [1.807, 2.05) is 7.05 Å². The normalized spacial score (nSPS) is 13.3. The average Bonchev–Trinajstić information content (AvgIpc) is 2.31. The minimum absolute atomic E-state index is 0.641. The molecule has 0 aromatic heterocycles. The number of rotatable bonds is 7. The van der Waals surface area contributed by atoms with Gasteiger partial charge in [-0.2, -0.15) is 0 Å². The van der Waals surface area contributed by atoms with E-state index in [-0.39, 0.29) is 0 Å². The maximum Gasteiger partial charge on any atom is 0.0233 e. The zero-order valence-electron chi connectivity index (χ0n) is 12.5. The highest BCUT2D eigenvalue weighted by atomic mass is 15.1. The van der Waals surface area contributed by atoms with Crippen LogP contribution >= 0.6 is 0 Å². The topological polar surface area (TPSA) is 15.3 Å². The molecule has 0 aliphatic heterocycles. The van der Waals surface area contributed by atoms with Gasteiger partial charge < -0.3 is 5.32 Å². The van der Waals surface area contributed by atoms with Gasteiger partial charge in [0.2, 0.25) is 0 Å². The Bertz CT molecular complexity index is 329. The van der Waals surface area contributed by atoms with Gasteiger partial charge in [0.1, 0.15) is 0 Å². The van der Waals surface area contributed by atoms with Crippen molar-refractivity contribution >= 4 is 0 Å². The second-order valence-electron chi connectivity index (χ2n) is 5.74. The van der Waals surface area contributed by atoms with Crippen LogP contribution in [0.3, 0.4) is 0 Å². The van der Waals surface area contributed by atoms with Gasteiger partial charge in [0.05, 0.1) is 0 Å². The fourth-order valence-corrected chi connectivity index (χ4v) is 2.27. The molecule has 102 valence electrons. The molecule has 0 heterocycles. The van der Waals surface area contributed by atoms with Gasteiger partial charge in [-0.25, -0.2) is 0 Å². The molecule has 0 saturated carbocycles. The Kier molecular flexibility index (Phi) is 6.37. The summed E-state index contributed by atoms with van der Waals surface area (Å²) in [6.07, 6.45) is 1.26. The Balaban J connectivity index is 2.50. The van der Waals surface area contributed by atoms with Crippen molar-refractivity contribution in [2.24, 2.45) is 5.92 Å². The summed E-state index contributed by atoms with van der Waals surface area (Å²) in [6, 6.07) is 9.55. The van der Waals surface area contributed by atoms with Crippen LogP contribution in [0.1, 0.15) is 38.3 Å². The number of nitrogens with one attached hydrogen (secondary N) is 1. The van der Waals surface area contributed by atoms with Crippen molar-refractivity contribution < 1.29 is 0 Å². The van der Waals surface area contributed by atoms with E-state index < -0.39 is 0 Å². The van der Waals surface area contributed by atoms with Crippen LogP contribution in [-0.4, -0.2) is 25.0 Å². The van der Waals surface area contributed by atoms with Gasteiger partial charge >= 0.3 is 0 Å². The van der Waals surface area contributed by atoms with Crippen molar-refractivity contribution in [2.75, 3.05) is 14.1 Å². The molecule has 1 rings (SSSR count). The minimum Gasteiger partial charge on any atom is -0.316 e. The largest absolute Gasteiger partial charge is 0.316 e. The molecular formula is C16H28N2. The molecule has 2 heteroatoms. The summed E-state index contributed by atoms with van der Waals surface area (Å²) in [7, 11) is 4.20. The number of benzene rings is 1. The van der Waals surface area contributed by atoms with Crippen LogP contribution in [0.15, 0.2) is 24.3 Å². The lowest BCUT2D eigenvalue weighted by Crippen LogP contribution is -2.29. The zero-order chi connectivity index (χ0) is 13.5. The molecule has 2 nitrogen and oxygen atoms in total. The van der Waals surface area contributed by atoms with Gasteiger partial charge in [0, 0.05) is 19.1 Å². The number of hydrogen-bond acceptors (Lipinski definition) is 2. The Labute approximate surface area is 112 Å². The lowest BCUT2D eigenvalue weighted by molar-refractivity contribution is 0.220. The predicted octanol–water partition coefficient (Wildman–Crippen LogP) is 3.27. The molecule has 0 bridgehead atoms. The molecular weight excluding hydrogens is 220 g/mol. The maximum absolute atomic E-state index is 3.17. The van der Waals surface area contributed by atoms with E-state index in [0.717, 1.165) is 19.0 Å². The molecule has 1 unspecified atom stereocenters. The molecule has 1 atom stereocenters. The second kappa shape index (κ2) is 7.55. The molecule has 1 aromatic carbocycles. The van der Waals surface area contributed by atoms with Crippen molar-refractivity contribution in [3.05, 3.63) is 35.4 Å². The van der Waals surface area contributed by atoms with Gasteiger partial charge in [0.25, 0.3) is 0 Å². The van der Waals surface area contributed by atoms with E-state index in [1.54, 1.807) is 0 Å². The van der Waals surface area contributed by atoms with Crippen molar-refractivity contribution in [3.63, 3.8) is 0 Å². The molecule has 0 fully saturated rings. The molecule has 0 spiro atoms. The summed E-state index contributed by atoms with van der Waals surface area (Å²) in [5.41, 5.74) is 2.74. The first-order valence-corrected chi connectivity index (χ1v) is 6.95. The molecule has 1 aromatic rings. The third-order valence-electron chi connectivity index (χ3n) is 3.40. The summed E-state index contributed by atoms with van der Waals surface area (Å²) in [5, 5.41) is 3.17. The van der Waals surface area contributed by atoms with Crippen molar-refractivity contribution in [2.45, 2.75) is 46.3 Å². The van der Waals surface area contributed by atoms with Crippen molar-refractivity contribution in [3.8, 4) is 0 Å². The zero-order valence-corrected chi connectivity index (χ0v) is 12.5. The van der Waals surface area contributed by atoms with E-state index in [0.29, 0.717) is 6.04 Å². The van der Waals surface area contributed by atoms with Crippen LogP contribution in [0.2, 0.25) is 0 Å².